The normalized spacial score (nSPS) is 12.6. The second-order valence-corrected chi connectivity index (χ2v) is 3.84. The van der Waals surface area contributed by atoms with Crippen molar-refractivity contribution in [2.45, 2.75) is 13.0 Å². The van der Waals surface area contributed by atoms with Crippen molar-refractivity contribution in [1.82, 2.24) is 14.9 Å². The summed E-state index contributed by atoms with van der Waals surface area (Å²) in [5, 5.41) is 9.51. The van der Waals surface area contributed by atoms with E-state index in [0.717, 1.165) is 12.2 Å². The van der Waals surface area contributed by atoms with E-state index in [1.54, 1.807) is 0 Å². The van der Waals surface area contributed by atoms with Crippen molar-refractivity contribution in [1.29, 1.82) is 0 Å². The zero-order valence-corrected chi connectivity index (χ0v) is 9.37. The topological polar surface area (TPSA) is 37.8 Å². The minimum atomic E-state index is 0.162. The van der Waals surface area contributed by atoms with Crippen molar-refractivity contribution >= 4 is 11.5 Å². The first-order valence-corrected chi connectivity index (χ1v) is 5.80. The molecule has 1 aromatic heterocycles. The highest BCUT2D eigenvalue weighted by Crippen LogP contribution is 2.20. The Labute approximate surface area is 93.3 Å². The fourth-order valence-corrected chi connectivity index (χ4v) is 2.02. The number of hydrogen-bond acceptors (Lipinski definition) is 4. The smallest absolute Gasteiger partial charge is 0.0970 e. The zero-order valence-electron chi connectivity index (χ0n) is 8.55. The van der Waals surface area contributed by atoms with Crippen molar-refractivity contribution in [3.05, 3.63) is 47.0 Å². The first-order valence-electron chi connectivity index (χ1n) is 4.97. The van der Waals surface area contributed by atoms with Gasteiger partial charge in [-0.2, -0.15) is 0 Å². The van der Waals surface area contributed by atoms with Crippen LogP contribution in [0.2, 0.25) is 0 Å². The minimum Gasteiger partial charge on any atom is -0.305 e. The van der Waals surface area contributed by atoms with Gasteiger partial charge in [0.2, 0.25) is 0 Å². The highest BCUT2D eigenvalue weighted by molar-refractivity contribution is 7.03. The Morgan fingerprint density at radius 1 is 1.33 bits per heavy atom. The van der Waals surface area contributed by atoms with Crippen molar-refractivity contribution in [3.63, 3.8) is 0 Å². The number of rotatable bonds is 4. The van der Waals surface area contributed by atoms with E-state index in [4.69, 9.17) is 0 Å². The molecule has 2 rings (SSSR count). The Balaban J connectivity index is 2.28. The fourth-order valence-electron chi connectivity index (χ4n) is 1.54. The van der Waals surface area contributed by atoms with Crippen LogP contribution in [0.15, 0.2) is 35.7 Å². The highest BCUT2D eigenvalue weighted by Gasteiger charge is 2.14. The summed E-state index contributed by atoms with van der Waals surface area (Å²) in [7, 11) is 0. The average molecular weight is 219 g/mol. The molecular weight excluding hydrogens is 206 g/mol. The summed E-state index contributed by atoms with van der Waals surface area (Å²) in [4.78, 5) is 0. The molecule has 0 radical (unpaired) electrons. The Bertz CT molecular complexity index is 385. The monoisotopic (exact) mass is 219 g/mol. The Hall–Kier alpha value is -1.26. The number of nitrogens with one attached hydrogen (secondary N) is 1. The SMILES string of the molecule is CCNC(c1ccccc1)c1csnn1. The van der Waals surface area contributed by atoms with Gasteiger partial charge >= 0.3 is 0 Å². The predicted molar refractivity (Wildman–Crippen MR) is 61.9 cm³/mol. The van der Waals surface area contributed by atoms with Crippen LogP contribution in [0.3, 0.4) is 0 Å². The van der Waals surface area contributed by atoms with Gasteiger partial charge in [-0.05, 0) is 23.6 Å². The van der Waals surface area contributed by atoms with Crippen LogP contribution in [0.25, 0.3) is 0 Å². The third-order valence-corrected chi connectivity index (χ3v) is 2.74. The third kappa shape index (κ3) is 2.40. The first-order chi connectivity index (χ1) is 7.42. The zero-order chi connectivity index (χ0) is 10.5. The van der Waals surface area contributed by atoms with Crippen LogP contribution in [0, 0.1) is 0 Å². The van der Waals surface area contributed by atoms with Gasteiger partial charge in [-0.15, -0.1) is 5.10 Å². The lowest BCUT2D eigenvalue weighted by atomic mass is 10.0. The van der Waals surface area contributed by atoms with Crippen LogP contribution in [0.5, 0.6) is 0 Å². The van der Waals surface area contributed by atoms with Crippen LogP contribution >= 0.6 is 11.5 Å². The Morgan fingerprint density at radius 2 is 2.13 bits per heavy atom. The molecule has 0 amide bonds. The van der Waals surface area contributed by atoms with Crippen LogP contribution in [0.1, 0.15) is 24.2 Å². The molecule has 0 fully saturated rings. The Kier molecular flexibility index (Phi) is 3.42. The third-order valence-electron chi connectivity index (χ3n) is 2.21. The molecule has 0 aliphatic carbocycles. The molecule has 0 aliphatic rings. The van der Waals surface area contributed by atoms with Crippen LogP contribution < -0.4 is 5.32 Å². The van der Waals surface area contributed by atoms with E-state index in [1.165, 1.54) is 17.1 Å². The van der Waals surface area contributed by atoms with Gasteiger partial charge in [0.25, 0.3) is 0 Å². The largest absolute Gasteiger partial charge is 0.305 e. The fraction of sp³-hybridized carbons (Fsp3) is 0.273. The quantitative estimate of drug-likeness (QED) is 0.857. The van der Waals surface area contributed by atoms with Gasteiger partial charge in [0, 0.05) is 5.38 Å². The van der Waals surface area contributed by atoms with Crippen molar-refractivity contribution in [3.8, 4) is 0 Å². The predicted octanol–water partition coefficient (Wildman–Crippen LogP) is 2.24. The lowest BCUT2D eigenvalue weighted by Gasteiger charge is -2.15. The molecule has 0 saturated carbocycles. The summed E-state index contributed by atoms with van der Waals surface area (Å²) in [6.07, 6.45) is 0. The van der Waals surface area contributed by atoms with E-state index >= 15 is 0 Å². The molecule has 15 heavy (non-hydrogen) atoms. The van der Waals surface area contributed by atoms with Crippen LogP contribution in [-0.2, 0) is 0 Å². The molecule has 1 heterocycles. The molecule has 2 aromatic rings. The number of aromatic nitrogens is 2. The summed E-state index contributed by atoms with van der Waals surface area (Å²) < 4.78 is 3.90. The van der Waals surface area contributed by atoms with Crippen LogP contribution in [-0.4, -0.2) is 16.1 Å². The Morgan fingerprint density at radius 3 is 2.73 bits per heavy atom. The van der Waals surface area contributed by atoms with Gasteiger partial charge in [-0.1, -0.05) is 41.7 Å². The van der Waals surface area contributed by atoms with E-state index in [0.29, 0.717) is 0 Å². The average Bonchev–Trinajstić information content (AvgIpc) is 2.80. The molecule has 4 heteroatoms. The van der Waals surface area contributed by atoms with Crippen LogP contribution in [0.4, 0.5) is 0 Å². The maximum Gasteiger partial charge on any atom is 0.0970 e. The van der Waals surface area contributed by atoms with E-state index < -0.39 is 0 Å². The van der Waals surface area contributed by atoms with Gasteiger partial charge in [0.15, 0.2) is 0 Å². The second kappa shape index (κ2) is 5.00. The molecule has 1 aromatic carbocycles. The van der Waals surface area contributed by atoms with Gasteiger partial charge in [0.1, 0.15) is 0 Å². The lowest BCUT2D eigenvalue weighted by Crippen LogP contribution is -2.22. The summed E-state index contributed by atoms with van der Waals surface area (Å²) in [6, 6.07) is 10.5. The van der Waals surface area contributed by atoms with Crippen molar-refractivity contribution in [2.75, 3.05) is 6.54 Å². The molecule has 78 valence electrons. The van der Waals surface area contributed by atoms with E-state index in [9.17, 15) is 0 Å². The molecule has 1 unspecified atom stereocenters. The number of nitrogens with zero attached hydrogens (tertiary/aromatic N) is 2. The molecule has 0 saturated heterocycles. The molecule has 0 aliphatic heterocycles. The minimum absolute atomic E-state index is 0.162. The molecule has 3 nitrogen and oxygen atoms in total. The van der Waals surface area contributed by atoms with Gasteiger partial charge in [0.05, 0.1) is 11.7 Å². The molecule has 0 bridgehead atoms. The maximum absolute atomic E-state index is 4.12. The molecule has 1 N–H and O–H groups in total. The van der Waals surface area contributed by atoms with Crippen molar-refractivity contribution < 1.29 is 0 Å². The second-order valence-electron chi connectivity index (χ2n) is 3.23. The molecule has 1 atom stereocenters. The summed E-state index contributed by atoms with van der Waals surface area (Å²) >= 11 is 1.39. The lowest BCUT2D eigenvalue weighted by molar-refractivity contribution is 0.614. The first kappa shape index (κ1) is 10.3. The van der Waals surface area contributed by atoms with E-state index in [2.05, 4.69) is 34.0 Å². The van der Waals surface area contributed by atoms with E-state index in [-0.39, 0.29) is 6.04 Å². The van der Waals surface area contributed by atoms with Crippen molar-refractivity contribution in [2.24, 2.45) is 0 Å². The molecular formula is C11H13N3S. The van der Waals surface area contributed by atoms with Gasteiger partial charge < -0.3 is 5.32 Å². The van der Waals surface area contributed by atoms with Gasteiger partial charge in [-0.25, -0.2) is 0 Å². The summed E-state index contributed by atoms with van der Waals surface area (Å²) in [5.41, 5.74) is 2.22. The maximum atomic E-state index is 4.12. The number of hydrogen-bond donors (Lipinski definition) is 1. The standard InChI is InChI=1S/C11H13N3S/c1-2-12-11(10-8-15-14-13-10)9-6-4-3-5-7-9/h3-8,11-12H,2H2,1H3. The summed E-state index contributed by atoms with van der Waals surface area (Å²) in [6.45, 7) is 3.01. The van der Waals surface area contributed by atoms with E-state index in [1.807, 2.05) is 23.6 Å². The summed E-state index contributed by atoms with van der Waals surface area (Å²) in [5.74, 6) is 0. The molecule has 0 spiro atoms. The van der Waals surface area contributed by atoms with Gasteiger partial charge in [-0.3, -0.25) is 0 Å². The number of benzene rings is 1. The highest BCUT2D eigenvalue weighted by atomic mass is 32.1.